The van der Waals surface area contributed by atoms with Gasteiger partial charge in [-0.2, -0.15) is 0 Å². The third kappa shape index (κ3) is 3.54. The average molecular weight is 449 g/mol. The number of hydrogen-bond donors (Lipinski definition) is 4. The van der Waals surface area contributed by atoms with E-state index in [4.69, 9.17) is 0 Å². The quantitative estimate of drug-likeness (QED) is 0.444. The molecule has 0 spiro atoms. The van der Waals surface area contributed by atoms with Gasteiger partial charge >= 0.3 is 0 Å². The molecule has 4 fully saturated rings. The lowest BCUT2D eigenvalue weighted by molar-refractivity contribution is -0.280. The highest BCUT2D eigenvalue weighted by molar-refractivity contribution is 5.18. The number of fused-ring (bicyclic) bond motifs is 5. The molecular formula is C28H48O4. The van der Waals surface area contributed by atoms with Crippen LogP contribution in [0.4, 0.5) is 0 Å². The summed E-state index contributed by atoms with van der Waals surface area (Å²) >= 11 is 0. The molecule has 0 aromatic rings. The van der Waals surface area contributed by atoms with Crippen molar-refractivity contribution in [2.45, 2.75) is 110 Å². The van der Waals surface area contributed by atoms with Crippen LogP contribution in [0.15, 0.2) is 12.2 Å². The van der Waals surface area contributed by atoms with Gasteiger partial charge in [0.25, 0.3) is 0 Å². The van der Waals surface area contributed by atoms with Gasteiger partial charge in [-0.1, -0.05) is 39.8 Å². The van der Waals surface area contributed by atoms with Gasteiger partial charge in [0.15, 0.2) is 0 Å². The summed E-state index contributed by atoms with van der Waals surface area (Å²) in [5, 5.41) is 43.8. The first kappa shape index (κ1) is 24.7. The summed E-state index contributed by atoms with van der Waals surface area (Å²) in [6, 6.07) is 0. The first-order valence-corrected chi connectivity index (χ1v) is 13.4. The van der Waals surface area contributed by atoms with Gasteiger partial charge in [-0.15, -0.1) is 0 Å². The Morgan fingerprint density at radius 3 is 2.41 bits per heavy atom. The van der Waals surface area contributed by atoms with Gasteiger partial charge in [-0.05, 0) is 98.7 Å². The molecule has 32 heavy (non-hydrogen) atoms. The van der Waals surface area contributed by atoms with E-state index in [0.717, 1.165) is 19.3 Å². The van der Waals surface area contributed by atoms with Gasteiger partial charge < -0.3 is 20.4 Å². The SMILES string of the molecule is C=C(CC[C@@H](C)[C@H]1CCC2C3C[C@@H](O)[C@@]4(O)C[C@@H](O)CC[C@]4(CO)C3CC[C@@]21C)C(C)C. The molecule has 4 aliphatic carbocycles. The highest BCUT2D eigenvalue weighted by Gasteiger charge is 2.69. The summed E-state index contributed by atoms with van der Waals surface area (Å²) in [5.41, 5.74) is -0.398. The molecule has 0 amide bonds. The second kappa shape index (κ2) is 8.66. The molecule has 0 aliphatic heterocycles. The monoisotopic (exact) mass is 448 g/mol. The minimum absolute atomic E-state index is 0.0883. The Morgan fingerprint density at radius 1 is 1.03 bits per heavy atom. The van der Waals surface area contributed by atoms with Crippen molar-refractivity contribution >= 4 is 0 Å². The Morgan fingerprint density at radius 2 is 1.75 bits per heavy atom. The molecule has 4 nitrogen and oxygen atoms in total. The van der Waals surface area contributed by atoms with Crippen LogP contribution in [0.25, 0.3) is 0 Å². The second-order valence-corrected chi connectivity index (χ2v) is 12.8. The molecule has 0 aromatic heterocycles. The predicted molar refractivity (Wildman–Crippen MR) is 128 cm³/mol. The predicted octanol–water partition coefficient (Wildman–Crippen LogP) is 4.69. The molecule has 4 saturated carbocycles. The molecule has 0 heterocycles. The van der Waals surface area contributed by atoms with Crippen LogP contribution in [0.2, 0.25) is 0 Å². The molecule has 4 N–H and O–H groups in total. The van der Waals surface area contributed by atoms with Gasteiger partial charge in [0.1, 0.15) is 5.60 Å². The van der Waals surface area contributed by atoms with Gasteiger partial charge in [0, 0.05) is 11.8 Å². The number of rotatable bonds is 6. The van der Waals surface area contributed by atoms with E-state index >= 15 is 0 Å². The molecule has 4 aliphatic rings. The van der Waals surface area contributed by atoms with Crippen LogP contribution in [0.3, 0.4) is 0 Å². The summed E-state index contributed by atoms with van der Waals surface area (Å²) in [5.74, 6) is 3.06. The van der Waals surface area contributed by atoms with Crippen LogP contribution >= 0.6 is 0 Å². The van der Waals surface area contributed by atoms with Crippen molar-refractivity contribution in [3.63, 3.8) is 0 Å². The second-order valence-electron chi connectivity index (χ2n) is 12.8. The summed E-state index contributed by atoms with van der Waals surface area (Å²) < 4.78 is 0. The van der Waals surface area contributed by atoms with Crippen molar-refractivity contribution in [3.8, 4) is 0 Å². The Labute approximate surface area is 195 Å². The van der Waals surface area contributed by atoms with Crippen LogP contribution in [0.5, 0.6) is 0 Å². The Kier molecular flexibility index (Phi) is 6.68. The molecule has 0 radical (unpaired) electrons. The number of aliphatic hydroxyl groups is 4. The summed E-state index contributed by atoms with van der Waals surface area (Å²) in [7, 11) is 0. The fraction of sp³-hybridized carbons (Fsp3) is 0.929. The Hall–Kier alpha value is -0.420. The Balaban J connectivity index is 1.56. The zero-order chi connectivity index (χ0) is 23.5. The fourth-order valence-corrected chi connectivity index (χ4v) is 9.25. The van der Waals surface area contributed by atoms with Gasteiger partial charge in [-0.25, -0.2) is 0 Å². The maximum atomic E-state index is 11.7. The first-order valence-electron chi connectivity index (χ1n) is 13.4. The lowest BCUT2D eigenvalue weighted by atomic mass is 9.42. The van der Waals surface area contributed by atoms with E-state index in [1.54, 1.807) is 0 Å². The van der Waals surface area contributed by atoms with Crippen molar-refractivity contribution < 1.29 is 20.4 Å². The highest BCUT2D eigenvalue weighted by Crippen LogP contribution is 2.69. The van der Waals surface area contributed by atoms with E-state index in [9.17, 15) is 20.4 Å². The molecule has 0 bridgehead atoms. The van der Waals surface area contributed by atoms with Crippen LogP contribution in [-0.2, 0) is 0 Å². The molecule has 184 valence electrons. The van der Waals surface area contributed by atoms with Crippen molar-refractivity contribution in [3.05, 3.63) is 12.2 Å². The van der Waals surface area contributed by atoms with Crippen molar-refractivity contribution in [2.24, 2.45) is 46.3 Å². The summed E-state index contributed by atoms with van der Waals surface area (Å²) in [6.07, 6.45) is 7.53. The van der Waals surface area contributed by atoms with E-state index in [2.05, 4.69) is 34.3 Å². The van der Waals surface area contributed by atoms with Crippen LogP contribution in [-0.4, -0.2) is 44.8 Å². The number of allylic oxidation sites excluding steroid dienone is 1. The summed E-state index contributed by atoms with van der Waals surface area (Å²) in [4.78, 5) is 0. The van der Waals surface area contributed by atoms with E-state index in [0.29, 0.717) is 48.9 Å². The zero-order valence-corrected chi connectivity index (χ0v) is 20.9. The highest BCUT2D eigenvalue weighted by atomic mass is 16.4. The largest absolute Gasteiger partial charge is 0.396 e. The third-order valence-corrected chi connectivity index (χ3v) is 11.3. The average Bonchev–Trinajstić information content (AvgIpc) is 3.09. The molecular weight excluding hydrogens is 400 g/mol. The van der Waals surface area contributed by atoms with E-state index < -0.39 is 23.2 Å². The molecule has 4 heteroatoms. The zero-order valence-electron chi connectivity index (χ0n) is 20.9. The number of aliphatic hydroxyl groups excluding tert-OH is 3. The molecule has 10 atom stereocenters. The van der Waals surface area contributed by atoms with Gasteiger partial charge in [0.2, 0.25) is 0 Å². The summed E-state index contributed by atoms with van der Waals surface area (Å²) in [6.45, 7) is 13.6. The topological polar surface area (TPSA) is 80.9 Å². The maximum Gasteiger partial charge on any atom is 0.101 e. The lowest BCUT2D eigenvalue weighted by Gasteiger charge is -2.65. The lowest BCUT2D eigenvalue weighted by Crippen LogP contribution is -2.70. The Bertz CT molecular complexity index is 706. The van der Waals surface area contributed by atoms with Crippen LogP contribution in [0.1, 0.15) is 91.9 Å². The van der Waals surface area contributed by atoms with Crippen molar-refractivity contribution in [1.29, 1.82) is 0 Å². The molecule has 3 unspecified atom stereocenters. The first-order chi connectivity index (χ1) is 15.0. The molecule has 0 saturated heterocycles. The standard InChI is InChI=1S/C28H48O4/c1-17(2)18(3)6-7-19(4)22-8-9-23-21-14-25(31)28(32)15-20(30)10-13-27(28,16-29)24(21)11-12-26(22,23)5/h17,19-25,29-32H,3,6-16H2,1-2,4-5H3/t19-,20+,21?,22-,23?,24?,25-,26-,27+,28+/m1/s1. The number of hydrogen-bond acceptors (Lipinski definition) is 4. The van der Waals surface area contributed by atoms with E-state index in [1.807, 2.05) is 0 Å². The molecule has 0 aromatic carbocycles. The fourth-order valence-electron chi connectivity index (χ4n) is 9.25. The van der Waals surface area contributed by atoms with E-state index in [1.165, 1.54) is 24.8 Å². The minimum atomic E-state index is -1.36. The van der Waals surface area contributed by atoms with Crippen molar-refractivity contribution in [1.82, 2.24) is 0 Å². The van der Waals surface area contributed by atoms with Crippen molar-refractivity contribution in [2.75, 3.05) is 6.61 Å². The smallest absolute Gasteiger partial charge is 0.101 e. The minimum Gasteiger partial charge on any atom is -0.396 e. The third-order valence-electron chi connectivity index (χ3n) is 11.3. The van der Waals surface area contributed by atoms with Gasteiger partial charge in [0.05, 0.1) is 18.8 Å². The van der Waals surface area contributed by atoms with Crippen LogP contribution in [0, 0.1) is 46.3 Å². The van der Waals surface area contributed by atoms with E-state index in [-0.39, 0.29) is 24.4 Å². The normalized spacial score (nSPS) is 49.3. The van der Waals surface area contributed by atoms with Crippen LogP contribution < -0.4 is 0 Å². The maximum absolute atomic E-state index is 11.7. The molecule has 4 rings (SSSR count). The van der Waals surface area contributed by atoms with Gasteiger partial charge in [-0.3, -0.25) is 0 Å².